The lowest BCUT2D eigenvalue weighted by Gasteiger charge is -2.16. The minimum atomic E-state index is -0.375. The van der Waals surface area contributed by atoms with Crippen LogP contribution in [0.5, 0.6) is 5.75 Å². The van der Waals surface area contributed by atoms with Crippen LogP contribution in [0.2, 0.25) is 0 Å². The molecule has 0 spiro atoms. The van der Waals surface area contributed by atoms with Gasteiger partial charge in [-0.1, -0.05) is 36.4 Å². The maximum absolute atomic E-state index is 13.6. The van der Waals surface area contributed by atoms with Gasteiger partial charge in [0.2, 0.25) is 0 Å². The highest BCUT2D eigenvalue weighted by Gasteiger charge is 2.09. The van der Waals surface area contributed by atoms with Crippen molar-refractivity contribution in [3.63, 3.8) is 0 Å². The standard InChI is InChI=1S/C17H20FNO2/c1-21-17-8-7-14(10-16(17)18)11-19-15(12-20)9-13-5-3-2-4-6-13/h2-8,10,15,19-20H,9,11-12H2,1H3/t15-/m0/s1. The molecule has 0 fully saturated rings. The van der Waals surface area contributed by atoms with Crippen molar-refractivity contribution in [3.8, 4) is 5.75 Å². The molecule has 2 rings (SSSR count). The molecule has 0 aliphatic carbocycles. The van der Waals surface area contributed by atoms with E-state index in [0.29, 0.717) is 6.54 Å². The lowest BCUT2D eigenvalue weighted by molar-refractivity contribution is 0.240. The van der Waals surface area contributed by atoms with Crippen molar-refractivity contribution in [1.29, 1.82) is 0 Å². The van der Waals surface area contributed by atoms with Crippen LogP contribution in [0, 0.1) is 5.82 Å². The Bertz CT molecular complexity index is 560. The molecular formula is C17H20FNO2. The third-order valence-corrected chi connectivity index (χ3v) is 3.36. The van der Waals surface area contributed by atoms with E-state index in [1.165, 1.54) is 13.2 Å². The van der Waals surface area contributed by atoms with Crippen molar-refractivity contribution in [1.82, 2.24) is 5.32 Å². The summed E-state index contributed by atoms with van der Waals surface area (Å²) in [6, 6.07) is 14.8. The number of ether oxygens (including phenoxy) is 1. The summed E-state index contributed by atoms with van der Waals surface area (Å²) >= 11 is 0. The molecule has 21 heavy (non-hydrogen) atoms. The molecule has 4 heteroatoms. The molecule has 0 aliphatic rings. The van der Waals surface area contributed by atoms with Crippen molar-refractivity contribution in [2.45, 2.75) is 19.0 Å². The number of rotatable bonds is 7. The zero-order valence-corrected chi connectivity index (χ0v) is 12.1. The summed E-state index contributed by atoms with van der Waals surface area (Å²) in [5.74, 6) is -0.137. The van der Waals surface area contributed by atoms with Gasteiger partial charge in [0.25, 0.3) is 0 Å². The molecule has 0 aliphatic heterocycles. The van der Waals surface area contributed by atoms with E-state index in [0.717, 1.165) is 17.5 Å². The third kappa shape index (κ3) is 4.55. The highest BCUT2D eigenvalue weighted by atomic mass is 19.1. The van der Waals surface area contributed by atoms with Crippen molar-refractivity contribution in [2.24, 2.45) is 0 Å². The first-order valence-corrected chi connectivity index (χ1v) is 6.93. The van der Waals surface area contributed by atoms with Crippen LogP contribution in [-0.2, 0) is 13.0 Å². The molecule has 0 bridgehead atoms. The summed E-state index contributed by atoms with van der Waals surface area (Å²) in [5, 5.41) is 12.7. The number of halogens is 1. The predicted octanol–water partition coefficient (Wildman–Crippen LogP) is 2.53. The first kappa shape index (κ1) is 15.5. The van der Waals surface area contributed by atoms with Gasteiger partial charge in [0.1, 0.15) is 0 Å². The van der Waals surface area contributed by atoms with Crippen molar-refractivity contribution >= 4 is 0 Å². The Morgan fingerprint density at radius 1 is 1.14 bits per heavy atom. The summed E-state index contributed by atoms with van der Waals surface area (Å²) in [7, 11) is 1.44. The van der Waals surface area contributed by atoms with Crippen LogP contribution in [0.1, 0.15) is 11.1 Å². The van der Waals surface area contributed by atoms with E-state index in [1.54, 1.807) is 6.07 Å². The monoisotopic (exact) mass is 289 g/mol. The topological polar surface area (TPSA) is 41.5 Å². The lowest BCUT2D eigenvalue weighted by Crippen LogP contribution is -2.34. The Hall–Kier alpha value is -1.91. The molecule has 1 atom stereocenters. The average Bonchev–Trinajstić information content (AvgIpc) is 2.52. The molecule has 3 nitrogen and oxygen atoms in total. The minimum Gasteiger partial charge on any atom is -0.494 e. The van der Waals surface area contributed by atoms with Crippen LogP contribution in [0.25, 0.3) is 0 Å². The molecule has 0 saturated carbocycles. The van der Waals surface area contributed by atoms with Crippen LogP contribution in [0.15, 0.2) is 48.5 Å². The van der Waals surface area contributed by atoms with Gasteiger partial charge in [-0.05, 0) is 29.7 Å². The van der Waals surface area contributed by atoms with Gasteiger partial charge in [-0.15, -0.1) is 0 Å². The Kier molecular flexibility index (Phi) is 5.72. The van der Waals surface area contributed by atoms with Crippen molar-refractivity contribution in [2.75, 3.05) is 13.7 Å². The van der Waals surface area contributed by atoms with Gasteiger partial charge in [-0.25, -0.2) is 4.39 Å². The van der Waals surface area contributed by atoms with Crippen molar-refractivity contribution in [3.05, 3.63) is 65.5 Å². The van der Waals surface area contributed by atoms with Crippen LogP contribution in [0.4, 0.5) is 4.39 Å². The van der Waals surface area contributed by atoms with E-state index in [4.69, 9.17) is 4.74 Å². The summed E-state index contributed by atoms with van der Waals surface area (Å²) in [5.41, 5.74) is 1.98. The molecule has 2 N–H and O–H groups in total. The highest BCUT2D eigenvalue weighted by molar-refractivity contribution is 5.29. The number of nitrogens with one attached hydrogen (secondary N) is 1. The molecule has 2 aromatic rings. The van der Waals surface area contributed by atoms with Gasteiger partial charge in [-0.3, -0.25) is 0 Å². The van der Waals surface area contributed by atoms with E-state index in [9.17, 15) is 9.50 Å². The molecule has 0 radical (unpaired) electrons. The molecule has 0 heterocycles. The smallest absolute Gasteiger partial charge is 0.165 e. The molecule has 2 aromatic carbocycles. The van der Waals surface area contributed by atoms with Crippen molar-refractivity contribution < 1.29 is 14.2 Å². The van der Waals surface area contributed by atoms with Crippen LogP contribution >= 0.6 is 0 Å². The first-order valence-electron chi connectivity index (χ1n) is 6.93. The van der Waals surface area contributed by atoms with Gasteiger partial charge in [0.15, 0.2) is 11.6 Å². The number of aliphatic hydroxyl groups excluding tert-OH is 1. The molecule has 0 saturated heterocycles. The van der Waals surface area contributed by atoms with E-state index >= 15 is 0 Å². The van der Waals surface area contributed by atoms with Gasteiger partial charge in [0, 0.05) is 12.6 Å². The third-order valence-electron chi connectivity index (χ3n) is 3.36. The Morgan fingerprint density at radius 3 is 2.52 bits per heavy atom. The largest absolute Gasteiger partial charge is 0.494 e. The highest BCUT2D eigenvalue weighted by Crippen LogP contribution is 2.17. The zero-order chi connectivity index (χ0) is 15.1. The minimum absolute atomic E-state index is 0.0352. The van der Waals surface area contributed by atoms with Crippen LogP contribution < -0.4 is 10.1 Å². The second-order valence-electron chi connectivity index (χ2n) is 4.92. The van der Waals surface area contributed by atoms with E-state index in [-0.39, 0.29) is 24.2 Å². The second kappa shape index (κ2) is 7.76. The molecule has 0 unspecified atom stereocenters. The molecule has 112 valence electrons. The van der Waals surface area contributed by atoms with Gasteiger partial charge >= 0.3 is 0 Å². The normalized spacial score (nSPS) is 12.1. The van der Waals surface area contributed by atoms with E-state index in [1.807, 2.05) is 36.4 Å². The molecule has 0 aromatic heterocycles. The van der Waals surface area contributed by atoms with Gasteiger partial charge < -0.3 is 15.2 Å². The van der Waals surface area contributed by atoms with E-state index in [2.05, 4.69) is 5.32 Å². The van der Waals surface area contributed by atoms with Gasteiger partial charge in [-0.2, -0.15) is 0 Å². The summed E-state index contributed by atoms with van der Waals surface area (Å²) < 4.78 is 18.5. The number of benzene rings is 2. The van der Waals surface area contributed by atoms with Gasteiger partial charge in [0.05, 0.1) is 13.7 Å². The fraction of sp³-hybridized carbons (Fsp3) is 0.294. The number of hydrogen-bond acceptors (Lipinski definition) is 3. The fourth-order valence-corrected chi connectivity index (χ4v) is 2.18. The Morgan fingerprint density at radius 2 is 1.90 bits per heavy atom. The maximum atomic E-state index is 13.6. The quantitative estimate of drug-likeness (QED) is 0.823. The van der Waals surface area contributed by atoms with Crippen LogP contribution in [-0.4, -0.2) is 24.9 Å². The number of aliphatic hydroxyl groups is 1. The predicted molar refractivity (Wildman–Crippen MR) is 80.8 cm³/mol. The summed E-state index contributed by atoms with van der Waals surface area (Å²) in [6.07, 6.45) is 0.732. The maximum Gasteiger partial charge on any atom is 0.165 e. The number of methoxy groups -OCH3 is 1. The molecular weight excluding hydrogens is 269 g/mol. The Labute approximate surface area is 124 Å². The van der Waals surface area contributed by atoms with E-state index < -0.39 is 0 Å². The summed E-state index contributed by atoms with van der Waals surface area (Å²) in [4.78, 5) is 0. The fourth-order valence-electron chi connectivity index (χ4n) is 2.18. The first-order chi connectivity index (χ1) is 10.2. The molecule has 0 amide bonds. The number of hydrogen-bond donors (Lipinski definition) is 2. The van der Waals surface area contributed by atoms with Crippen LogP contribution in [0.3, 0.4) is 0 Å². The summed E-state index contributed by atoms with van der Waals surface area (Å²) in [6.45, 7) is 0.534. The SMILES string of the molecule is COc1ccc(CN[C@H](CO)Cc2ccccc2)cc1F. The lowest BCUT2D eigenvalue weighted by atomic mass is 10.1. The average molecular weight is 289 g/mol. The second-order valence-corrected chi connectivity index (χ2v) is 4.92. The zero-order valence-electron chi connectivity index (χ0n) is 12.1. The Balaban J connectivity index is 1.92.